The molecule has 0 unspecified atom stereocenters. The summed E-state index contributed by atoms with van der Waals surface area (Å²) < 4.78 is 15.2. The summed E-state index contributed by atoms with van der Waals surface area (Å²) in [6.45, 7) is 9.55. The van der Waals surface area contributed by atoms with Crippen LogP contribution in [0.4, 0.5) is 11.7 Å². The lowest BCUT2D eigenvalue weighted by molar-refractivity contribution is -0.115. The van der Waals surface area contributed by atoms with Crippen LogP contribution in [-0.2, 0) is 16.6 Å². The molecular weight excluding hydrogens is 406 g/mol. The zero-order valence-corrected chi connectivity index (χ0v) is 18.8. The summed E-state index contributed by atoms with van der Waals surface area (Å²) in [5.74, 6) is -0.109. The lowest BCUT2D eigenvalue weighted by Crippen LogP contribution is -2.14. The van der Waals surface area contributed by atoms with Crippen LogP contribution < -0.4 is 11.1 Å². The molecule has 9 heteroatoms. The number of aromatic nitrogens is 5. The van der Waals surface area contributed by atoms with Crippen molar-refractivity contribution in [2.24, 2.45) is 0 Å². The molecule has 0 aliphatic rings. The summed E-state index contributed by atoms with van der Waals surface area (Å²) in [7, 11) is 0. The van der Waals surface area contributed by atoms with Gasteiger partial charge in [-0.25, -0.2) is 14.5 Å². The Kier molecular flexibility index (Phi) is 5.08. The van der Waals surface area contributed by atoms with Gasteiger partial charge in [0.05, 0.1) is 12.1 Å². The summed E-state index contributed by atoms with van der Waals surface area (Å²) in [5.41, 5.74) is 9.47. The smallest absolute Gasteiger partial charge is 0.231 e. The number of nitrogen functional groups attached to an aromatic ring is 1. The molecule has 166 valence electrons. The summed E-state index contributed by atoms with van der Waals surface area (Å²) in [6.07, 6.45) is 1.52. The van der Waals surface area contributed by atoms with Crippen molar-refractivity contribution in [1.29, 1.82) is 0 Å². The summed E-state index contributed by atoms with van der Waals surface area (Å²) in [5, 5.41) is 11.0. The number of anilines is 2. The Morgan fingerprint density at radius 3 is 2.62 bits per heavy atom. The number of imidazole rings is 1. The molecule has 0 saturated heterocycles. The third-order valence-corrected chi connectivity index (χ3v) is 5.04. The minimum Gasteiger partial charge on any atom is -0.382 e. The first-order valence-corrected chi connectivity index (χ1v) is 10.3. The molecule has 3 aromatic heterocycles. The highest BCUT2D eigenvalue weighted by molar-refractivity contribution is 5.91. The predicted molar refractivity (Wildman–Crippen MR) is 122 cm³/mol. The molecule has 0 bridgehead atoms. The van der Waals surface area contributed by atoms with E-state index in [1.165, 1.54) is 6.33 Å². The molecule has 3 N–H and O–H groups in total. The molecule has 0 saturated carbocycles. The lowest BCUT2D eigenvalue weighted by atomic mass is 9.92. The van der Waals surface area contributed by atoms with Crippen molar-refractivity contribution in [3.8, 4) is 11.3 Å². The third-order valence-electron chi connectivity index (χ3n) is 5.04. The van der Waals surface area contributed by atoms with E-state index in [-0.39, 0.29) is 23.6 Å². The SMILES string of the molecule is [2H]C(C)(C)c1nc(-c2ccc(CC(=O)Nc3cc(C(C)(C)C)no3)cc2)c2c(N)ncnn12. The Bertz CT molecular complexity index is 1310. The van der Waals surface area contributed by atoms with E-state index in [9.17, 15) is 4.79 Å². The molecule has 1 amide bonds. The van der Waals surface area contributed by atoms with Crippen LogP contribution in [0.5, 0.6) is 0 Å². The standard InChI is InChI=1S/C23H27N7O2/c1-13(2)22-28-19(20-21(24)25-12-26-30(20)22)15-8-6-14(7-9-15)10-17(31)27-18-11-16(29-32-18)23(3,4)5/h6-9,11-13H,10H2,1-5H3,(H,27,31)(H2,24,25,26)/i13D. The zero-order chi connectivity index (χ0) is 24.0. The Morgan fingerprint density at radius 1 is 1.28 bits per heavy atom. The Balaban J connectivity index is 1.55. The summed E-state index contributed by atoms with van der Waals surface area (Å²) >= 11 is 0. The van der Waals surface area contributed by atoms with Gasteiger partial charge in [0.15, 0.2) is 5.82 Å². The number of carbonyl (C=O) groups is 1. The van der Waals surface area contributed by atoms with Crippen molar-refractivity contribution in [2.75, 3.05) is 11.1 Å². The fourth-order valence-corrected chi connectivity index (χ4v) is 3.32. The molecule has 32 heavy (non-hydrogen) atoms. The van der Waals surface area contributed by atoms with E-state index < -0.39 is 5.89 Å². The van der Waals surface area contributed by atoms with Crippen molar-refractivity contribution in [1.82, 2.24) is 24.7 Å². The molecule has 4 rings (SSSR count). The fraction of sp³-hybridized carbons (Fsp3) is 0.348. The molecule has 0 atom stereocenters. The number of carbonyl (C=O) groups excluding carboxylic acids is 1. The second-order valence-electron chi connectivity index (χ2n) is 8.94. The maximum Gasteiger partial charge on any atom is 0.231 e. The zero-order valence-electron chi connectivity index (χ0n) is 19.8. The average molecular weight is 435 g/mol. The van der Waals surface area contributed by atoms with Gasteiger partial charge in [0.25, 0.3) is 0 Å². The van der Waals surface area contributed by atoms with Crippen molar-refractivity contribution in [3.63, 3.8) is 0 Å². The van der Waals surface area contributed by atoms with E-state index >= 15 is 0 Å². The van der Waals surface area contributed by atoms with E-state index in [1.807, 2.05) is 45.0 Å². The molecule has 0 fully saturated rings. The number of nitrogens with one attached hydrogen (secondary N) is 1. The summed E-state index contributed by atoms with van der Waals surface area (Å²) in [4.78, 5) is 21.2. The fourth-order valence-electron chi connectivity index (χ4n) is 3.32. The topological polar surface area (TPSA) is 124 Å². The van der Waals surface area contributed by atoms with Crippen LogP contribution in [0.15, 0.2) is 41.2 Å². The molecule has 3 heterocycles. The number of rotatable bonds is 5. The Morgan fingerprint density at radius 2 is 2.00 bits per heavy atom. The molecule has 9 nitrogen and oxygen atoms in total. The quantitative estimate of drug-likeness (QED) is 0.487. The van der Waals surface area contributed by atoms with Gasteiger partial charge in [-0.2, -0.15) is 5.10 Å². The van der Waals surface area contributed by atoms with Crippen LogP contribution >= 0.6 is 0 Å². The second kappa shape index (κ2) is 8.07. The van der Waals surface area contributed by atoms with E-state index in [0.717, 1.165) is 16.8 Å². The molecule has 1 aromatic carbocycles. The van der Waals surface area contributed by atoms with Crippen LogP contribution in [0.2, 0.25) is 0 Å². The van der Waals surface area contributed by atoms with E-state index in [2.05, 4.69) is 25.5 Å². The molecule has 0 aliphatic carbocycles. The number of benzene rings is 1. The molecule has 0 radical (unpaired) electrons. The van der Waals surface area contributed by atoms with Crippen molar-refractivity contribution >= 4 is 23.1 Å². The van der Waals surface area contributed by atoms with E-state index in [4.69, 9.17) is 11.6 Å². The van der Waals surface area contributed by atoms with Gasteiger partial charge in [-0.15, -0.1) is 0 Å². The van der Waals surface area contributed by atoms with Gasteiger partial charge in [-0.1, -0.05) is 64.0 Å². The van der Waals surface area contributed by atoms with Crippen LogP contribution in [0, 0.1) is 0 Å². The second-order valence-corrected chi connectivity index (χ2v) is 8.94. The molecule has 4 aromatic rings. The highest BCUT2D eigenvalue weighted by Crippen LogP contribution is 2.30. The van der Waals surface area contributed by atoms with E-state index in [1.54, 1.807) is 24.4 Å². The Hall–Kier alpha value is -3.75. The van der Waals surface area contributed by atoms with Gasteiger partial charge >= 0.3 is 0 Å². The van der Waals surface area contributed by atoms with Gasteiger partial charge < -0.3 is 10.3 Å². The van der Waals surface area contributed by atoms with Crippen LogP contribution in [0.25, 0.3) is 16.8 Å². The van der Waals surface area contributed by atoms with Crippen molar-refractivity contribution in [3.05, 3.63) is 53.7 Å². The first-order valence-electron chi connectivity index (χ1n) is 10.8. The maximum absolute atomic E-state index is 12.5. The van der Waals surface area contributed by atoms with Gasteiger partial charge in [-0.3, -0.25) is 10.1 Å². The molecule has 0 aliphatic heterocycles. The third kappa shape index (κ3) is 4.18. The predicted octanol–water partition coefficient (Wildman–Crippen LogP) is 3.96. The highest BCUT2D eigenvalue weighted by atomic mass is 16.5. The number of hydrogen-bond donors (Lipinski definition) is 2. The lowest BCUT2D eigenvalue weighted by Gasteiger charge is -2.12. The number of nitrogens with zero attached hydrogens (tertiary/aromatic N) is 5. The minimum atomic E-state index is -0.979. The van der Waals surface area contributed by atoms with Crippen LogP contribution in [0.3, 0.4) is 0 Å². The van der Waals surface area contributed by atoms with Crippen molar-refractivity contribution < 1.29 is 10.7 Å². The van der Waals surface area contributed by atoms with Crippen LogP contribution in [-0.4, -0.2) is 30.6 Å². The van der Waals surface area contributed by atoms with Crippen molar-refractivity contribution in [2.45, 2.75) is 52.3 Å². The van der Waals surface area contributed by atoms with Gasteiger partial charge in [-0.05, 0) is 5.56 Å². The van der Waals surface area contributed by atoms with E-state index in [0.29, 0.717) is 22.9 Å². The van der Waals surface area contributed by atoms with Gasteiger partial charge in [0, 0.05) is 24.3 Å². The van der Waals surface area contributed by atoms with Crippen LogP contribution in [0.1, 0.15) is 59.0 Å². The van der Waals surface area contributed by atoms with Gasteiger partial charge in [0.2, 0.25) is 11.8 Å². The molecular formula is C23H27N7O2. The summed E-state index contributed by atoms with van der Waals surface area (Å²) in [6, 6.07) is 9.18. The average Bonchev–Trinajstić information content (AvgIpc) is 3.34. The number of amides is 1. The minimum absolute atomic E-state index is 0.164. The highest BCUT2D eigenvalue weighted by Gasteiger charge is 2.21. The number of hydrogen-bond acceptors (Lipinski definition) is 7. The first-order chi connectivity index (χ1) is 15.4. The Labute approximate surface area is 187 Å². The molecule has 0 spiro atoms. The number of nitrogens with two attached hydrogens (primary N) is 1. The van der Waals surface area contributed by atoms with Gasteiger partial charge in [0.1, 0.15) is 23.4 Å². The first kappa shape index (κ1) is 20.2. The largest absolute Gasteiger partial charge is 0.382 e. The number of fused-ring (bicyclic) bond motifs is 1. The normalized spacial score (nSPS) is 12.7. The monoisotopic (exact) mass is 434 g/mol. The maximum atomic E-state index is 12.5.